The number of hydrogen-bond acceptors (Lipinski definition) is 5. The molecule has 3 aliphatic rings. The van der Waals surface area contributed by atoms with Crippen molar-refractivity contribution in [2.45, 2.75) is 38.1 Å². The van der Waals surface area contributed by atoms with E-state index in [1.54, 1.807) is 29.2 Å². The summed E-state index contributed by atoms with van der Waals surface area (Å²) in [5, 5.41) is 6.55. The first-order valence-electron chi connectivity index (χ1n) is 13.5. The Balaban J connectivity index is 1.39. The lowest BCUT2D eigenvalue weighted by molar-refractivity contribution is -0.144. The minimum Gasteiger partial charge on any atom is -0.379 e. The number of carbonyl (C=O) groups excluding carboxylic acids is 2. The van der Waals surface area contributed by atoms with Gasteiger partial charge in [0, 0.05) is 54.7 Å². The van der Waals surface area contributed by atoms with E-state index < -0.39 is 11.9 Å². The highest BCUT2D eigenvalue weighted by Gasteiger charge is 2.37. The minimum absolute atomic E-state index is 0.0288. The van der Waals surface area contributed by atoms with Crippen molar-refractivity contribution in [1.82, 2.24) is 14.8 Å². The topological polar surface area (TPSA) is 65.5 Å². The van der Waals surface area contributed by atoms with Crippen LogP contribution in [0.5, 0.6) is 0 Å². The lowest BCUT2D eigenvalue weighted by Crippen LogP contribution is -2.48. The molecule has 2 heterocycles. The molecule has 1 atom stereocenters. The summed E-state index contributed by atoms with van der Waals surface area (Å²) in [7, 11) is 0. The molecule has 5 rings (SSSR count). The van der Waals surface area contributed by atoms with Crippen LogP contribution in [0.1, 0.15) is 49.3 Å². The van der Waals surface area contributed by atoms with E-state index in [1.165, 1.54) is 11.1 Å². The Morgan fingerprint density at radius 2 is 1.76 bits per heavy atom. The zero-order valence-corrected chi connectivity index (χ0v) is 22.3. The van der Waals surface area contributed by atoms with Crippen molar-refractivity contribution < 1.29 is 18.7 Å². The third-order valence-corrected chi connectivity index (χ3v) is 8.08. The molecule has 0 radical (unpaired) electrons. The van der Waals surface area contributed by atoms with Crippen LogP contribution in [0.2, 0.25) is 5.02 Å². The van der Waals surface area contributed by atoms with Crippen LogP contribution in [0.3, 0.4) is 0 Å². The van der Waals surface area contributed by atoms with E-state index in [2.05, 4.69) is 10.0 Å². The van der Waals surface area contributed by atoms with Crippen LogP contribution in [0.4, 0.5) is 4.39 Å². The van der Waals surface area contributed by atoms with E-state index in [-0.39, 0.29) is 24.3 Å². The highest BCUT2D eigenvalue weighted by molar-refractivity contribution is 6.34. The highest BCUT2D eigenvalue weighted by atomic mass is 35.5. The van der Waals surface area contributed by atoms with Gasteiger partial charge in [0.15, 0.2) is 0 Å². The number of rotatable bonds is 8. The number of amides is 2. The number of halogens is 2. The van der Waals surface area contributed by atoms with Crippen LogP contribution >= 0.6 is 11.6 Å². The first-order chi connectivity index (χ1) is 18.5. The van der Waals surface area contributed by atoms with Crippen molar-refractivity contribution in [2.75, 3.05) is 45.9 Å². The molecule has 0 spiro atoms. The average molecular weight is 541 g/mol. The number of morpholine rings is 1. The van der Waals surface area contributed by atoms with Gasteiger partial charge in [0.25, 0.3) is 5.91 Å². The number of hydrazone groups is 1. The summed E-state index contributed by atoms with van der Waals surface area (Å²) in [4.78, 5) is 31.3. The van der Waals surface area contributed by atoms with Gasteiger partial charge in [0.2, 0.25) is 5.91 Å². The molecule has 2 aliphatic heterocycles. The van der Waals surface area contributed by atoms with Gasteiger partial charge in [0.1, 0.15) is 12.4 Å². The molecule has 2 amide bonds. The number of benzene rings is 2. The Morgan fingerprint density at radius 1 is 1.05 bits per heavy atom. The summed E-state index contributed by atoms with van der Waals surface area (Å²) in [6, 6.07) is 13.2. The predicted molar refractivity (Wildman–Crippen MR) is 144 cm³/mol. The van der Waals surface area contributed by atoms with Gasteiger partial charge in [-0.3, -0.25) is 14.5 Å². The molecular weight excluding hydrogens is 507 g/mol. The number of nitrogens with zero attached hydrogens (tertiary/aromatic N) is 4. The molecule has 2 aromatic rings. The van der Waals surface area contributed by atoms with E-state index >= 15 is 0 Å². The minimum atomic E-state index is -0.613. The Morgan fingerprint density at radius 3 is 2.50 bits per heavy atom. The van der Waals surface area contributed by atoms with Crippen molar-refractivity contribution in [2.24, 2.45) is 11.0 Å². The normalized spacial score (nSPS) is 20.5. The Labute approximate surface area is 228 Å². The zero-order chi connectivity index (χ0) is 26.5. The maximum absolute atomic E-state index is 14.9. The maximum atomic E-state index is 14.9. The lowest BCUT2D eigenvalue weighted by Gasteiger charge is -2.32. The SMILES string of the molecule is O=C(C1CCCC1)N(CCN1CCOCC1)CC(=O)N1N=C(c2ccccc2Cl)CC1c1ccccc1F. The van der Waals surface area contributed by atoms with Crippen LogP contribution < -0.4 is 0 Å². The molecule has 0 aromatic heterocycles. The second-order valence-electron chi connectivity index (χ2n) is 10.2. The predicted octanol–water partition coefficient (Wildman–Crippen LogP) is 4.51. The monoisotopic (exact) mass is 540 g/mol. The van der Waals surface area contributed by atoms with Gasteiger partial charge in [0.05, 0.1) is 25.0 Å². The van der Waals surface area contributed by atoms with Gasteiger partial charge in [-0.1, -0.05) is 60.8 Å². The van der Waals surface area contributed by atoms with Crippen molar-refractivity contribution >= 4 is 29.1 Å². The van der Waals surface area contributed by atoms with Crippen molar-refractivity contribution in [3.05, 3.63) is 70.5 Å². The number of ether oxygens (including phenoxy) is 1. The van der Waals surface area contributed by atoms with E-state index in [0.717, 1.165) is 44.3 Å². The van der Waals surface area contributed by atoms with E-state index in [1.807, 2.05) is 18.2 Å². The Kier molecular flexibility index (Phi) is 8.72. The summed E-state index contributed by atoms with van der Waals surface area (Å²) < 4.78 is 20.4. The van der Waals surface area contributed by atoms with Crippen LogP contribution in [0.15, 0.2) is 53.6 Å². The summed E-state index contributed by atoms with van der Waals surface area (Å²) >= 11 is 6.45. The molecule has 2 fully saturated rings. The van der Waals surface area contributed by atoms with Crippen molar-refractivity contribution in [1.29, 1.82) is 0 Å². The molecule has 1 aliphatic carbocycles. The molecule has 1 unspecified atom stereocenters. The van der Waals surface area contributed by atoms with E-state index in [9.17, 15) is 14.0 Å². The maximum Gasteiger partial charge on any atom is 0.262 e. The number of hydrogen-bond donors (Lipinski definition) is 0. The lowest BCUT2D eigenvalue weighted by atomic mass is 9.98. The van der Waals surface area contributed by atoms with E-state index in [4.69, 9.17) is 16.3 Å². The summed E-state index contributed by atoms with van der Waals surface area (Å²) in [5.41, 5.74) is 1.74. The van der Waals surface area contributed by atoms with Gasteiger partial charge in [-0.25, -0.2) is 9.40 Å². The molecule has 0 N–H and O–H groups in total. The van der Waals surface area contributed by atoms with Gasteiger partial charge in [-0.05, 0) is 25.0 Å². The average Bonchev–Trinajstić information content (AvgIpc) is 3.63. The molecule has 7 nitrogen and oxygen atoms in total. The summed E-state index contributed by atoms with van der Waals surface area (Å²) in [6.45, 7) is 4.02. The molecule has 0 bridgehead atoms. The molecule has 9 heteroatoms. The van der Waals surface area contributed by atoms with Gasteiger partial charge in [-0.2, -0.15) is 5.10 Å². The van der Waals surface area contributed by atoms with Crippen LogP contribution in [-0.4, -0.2) is 78.3 Å². The first-order valence-corrected chi connectivity index (χ1v) is 13.9. The first kappa shape index (κ1) is 26.8. The summed E-state index contributed by atoms with van der Waals surface area (Å²) in [6.07, 6.45) is 4.12. The third-order valence-electron chi connectivity index (χ3n) is 7.75. The smallest absolute Gasteiger partial charge is 0.262 e. The fraction of sp³-hybridized carbons (Fsp3) is 0.483. The molecule has 1 saturated heterocycles. The van der Waals surface area contributed by atoms with E-state index in [0.29, 0.717) is 49.0 Å². The van der Waals surface area contributed by atoms with Gasteiger partial charge < -0.3 is 9.64 Å². The Hall–Kier alpha value is -2.81. The second-order valence-corrected chi connectivity index (χ2v) is 10.6. The molecule has 1 saturated carbocycles. The van der Waals surface area contributed by atoms with Crippen LogP contribution in [0.25, 0.3) is 0 Å². The molecular formula is C29H34ClFN4O3. The zero-order valence-electron chi connectivity index (χ0n) is 21.5. The van der Waals surface area contributed by atoms with Gasteiger partial charge in [-0.15, -0.1) is 0 Å². The van der Waals surface area contributed by atoms with Gasteiger partial charge >= 0.3 is 0 Å². The molecule has 38 heavy (non-hydrogen) atoms. The fourth-order valence-electron chi connectivity index (χ4n) is 5.61. The fourth-order valence-corrected chi connectivity index (χ4v) is 5.85. The Bertz CT molecular complexity index is 1180. The van der Waals surface area contributed by atoms with Crippen LogP contribution in [0, 0.1) is 11.7 Å². The standard InChI is InChI=1S/C29H34ClFN4O3/c30-24-11-5-3-9-22(24)26-19-27(23-10-4-6-12-25(23)31)35(32-26)28(36)20-34(29(37)21-7-1-2-8-21)14-13-33-15-17-38-18-16-33/h3-6,9-12,21,27H,1-2,7-8,13-20H2. The molecule has 202 valence electrons. The molecule has 2 aromatic carbocycles. The highest BCUT2D eigenvalue weighted by Crippen LogP contribution is 2.36. The number of carbonyl (C=O) groups is 2. The quantitative estimate of drug-likeness (QED) is 0.494. The second kappa shape index (κ2) is 12.4. The van der Waals surface area contributed by atoms with Crippen molar-refractivity contribution in [3.8, 4) is 0 Å². The summed E-state index contributed by atoms with van der Waals surface area (Å²) in [5.74, 6) is -0.734. The largest absolute Gasteiger partial charge is 0.379 e. The van der Waals surface area contributed by atoms with Crippen LogP contribution in [-0.2, 0) is 14.3 Å². The third kappa shape index (κ3) is 6.08. The van der Waals surface area contributed by atoms with Crippen molar-refractivity contribution in [3.63, 3.8) is 0 Å².